The molecule has 0 spiro atoms. The van der Waals surface area contributed by atoms with Gasteiger partial charge in [0.25, 0.3) is 0 Å². The lowest BCUT2D eigenvalue weighted by Crippen LogP contribution is -2.24. The molecule has 0 bridgehead atoms. The SMILES string of the molecule is O=C(O)/C=C/C(=O)NCCSCC(=O)O. The van der Waals surface area contributed by atoms with Crippen LogP contribution in [0.15, 0.2) is 12.2 Å². The fraction of sp³-hybridized carbons (Fsp3) is 0.375. The van der Waals surface area contributed by atoms with E-state index < -0.39 is 17.8 Å². The van der Waals surface area contributed by atoms with Gasteiger partial charge in [0.2, 0.25) is 5.91 Å². The van der Waals surface area contributed by atoms with Gasteiger partial charge >= 0.3 is 11.9 Å². The van der Waals surface area contributed by atoms with E-state index in [9.17, 15) is 14.4 Å². The molecule has 0 saturated heterocycles. The lowest BCUT2D eigenvalue weighted by molar-refractivity contribution is -0.134. The molecule has 84 valence electrons. The Labute approximate surface area is 90.4 Å². The van der Waals surface area contributed by atoms with Crippen LogP contribution in [0.5, 0.6) is 0 Å². The number of thioether (sulfide) groups is 1. The molecule has 0 rings (SSSR count). The van der Waals surface area contributed by atoms with Gasteiger partial charge < -0.3 is 15.5 Å². The number of hydrogen-bond donors (Lipinski definition) is 3. The first kappa shape index (κ1) is 13.5. The lowest BCUT2D eigenvalue weighted by Gasteiger charge is -1.99. The second-order valence-electron chi connectivity index (χ2n) is 2.41. The van der Waals surface area contributed by atoms with Gasteiger partial charge in [-0.05, 0) is 0 Å². The van der Waals surface area contributed by atoms with Gasteiger partial charge in [0.05, 0.1) is 5.75 Å². The molecular formula is C8H11NO5S. The topological polar surface area (TPSA) is 104 Å². The van der Waals surface area contributed by atoms with Crippen LogP contribution in [0.4, 0.5) is 0 Å². The van der Waals surface area contributed by atoms with Crippen LogP contribution < -0.4 is 5.32 Å². The molecule has 0 atom stereocenters. The van der Waals surface area contributed by atoms with Gasteiger partial charge in [-0.2, -0.15) is 0 Å². The molecule has 0 aromatic rings. The van der Waals surface area contributed by atoms with Crippen molar-refractivity contribution in [3.63, 3.8) is 0 Å². The number of amides is 1. The summed E-state index contributed by atoms with van der Waals surface area (Å²) in [5.41, 5.74) is 0. The van der Waals surface area contributed by atoms with Crippen molar-refractivity contribution in [2.24, 2.45) is 0 Å². The minimum atomic E-state index is -1.19. The van der Waals surface area contributed by atoms with Crippen molar-refractivity contribution >= 4 is 29.6 Å². The highest BCUT2D eigenvalue weighted by Gasteiger charge is 1.98. The summed E-state index contributed by atoms with van der Waals surface area (Å²) >= 11 is 1.17. The van der Waals surface area contributed by atoms with Crippen molar-refractivity contribution in [1.82, 2.24) is 5.32 Å². The van der Waals surface area contributed by atoms with E-state index in [1.165, 1.54) is 11.8 Å². The first-order valence-electron chi connectivity index (χ1n) is 4.00. The molecule has 0 aliphatic heterocycles. The Morgan fingerprint density at radius 3 is 2.40 bits per heavy atom. The molecule has 0 unspecified atom stereocenters. The standard InChI is InChI=1S/C8H11NO5S/c10-6(1-2-7(11)12)9-3-4-15-5-8(13)14/h1-2H,3-5H2,(H,9,10)(H,11,12)(H,13,14)/b2-1+. The Kier molecular flexibility index (Phi) is 7.08. The average molecular weight is 233 g/mol. The predicted molar refractivity (Wildman–Crippen MR) is 54.7 cm³/mol. The summed E-state index contributed by atoms with van der Waals surface area (Å²) in [4.78, 5) is 31.0. The van der Waals surface area contributed by atoms with Crippen molar-refractivity contribution in [3.05, 3.63) is 12.2 Å². The molecular weight excluding hydrogens is 222 g/mol. The zero-order chi connectivity index (χ0) is 11.7. The Morgan fingerprint density at radius 1 is 1.20 bits per heavy atom. The third-order valence-electron chi connectivity index (χ3n) is 1.15. The number of carboxylic acid groups (broad SMARTS) is 2. The number of carbonyl (C=O) groups excluding carboxylic acids is 1. The minimum Gasteiger partial charge on any atom is -0.481 e. The third-order valence-corrected chi connectivity index (χ3v) is 2.09. The number of aliphatic carboxylic acids is 2. The molecule has 6 nitrogen and oxygen atoms in total. The smallest absolute Gasteiger partial charge is 0.328 e. The van der Waals surface area contributed by atoms with Crippen LogP contribution in [0.3, 0.4) is 0 Å². The number of nitrogens with one attached hydrogen (secondary N) is 1. The molecule has 0 aliphatic carbocycles. The maximum absolute atomic E-state index is 10.9. The van der Waals surface area contributed by atoms with Gasteiger partial charge in [-0.3, -0.25) is 9.59 Å². The second-order valence-corrected chi connectivity index (χ2v) is 3.51. The third kappa shape index (κ3) is 10.4. The first-order chi connectivity index (χ1) is 7.02. The quantitative estimate of drug-likeness (QED) is 0.407. The van der Waals surface area contributed by atoms with Crippen LogP contribution in [-0.4, -0.2) is 46.1 Å². The van der Waals surface area contributed by atoms with Crippen LogP contribution in [0.2, 0.25) is 0 Å². The van der Waals surface area contributed by atoms with Crippen LogP contribution in [0.25, 0.3) is 0 Å². The van der Waals surface area contributed by atoms with E-state index in [2.05, 4.69) is 5.32 Å². The molecule has 0 radical (unpaired) electrons. The second kappa shape index (κ2) is 7.86. The first-order valence-corrected chi connectivity index (χ1v) is 5.16. The van der Waals surface area contributed by atoms with Crippen molar-refractivity contribution in [3.8, 4) is 0 Å². The highest BCUT2D eigenvalue weighted by Crippen LogP contribution is 1.96. The van der Waals surface area contributed by atoms with Crippen molar-refractivity contribution in [2.45, 2.75) is 0 Å². The van der Waals surface area contributed by atoms with Crippen molar-refractivity contribution in [2.75, 3.05) is 18.1 Å². The molecule has 1 amide bonds. The van der Waals surface area contributed by atoms with E-state index in [1.807, 2.05) is 0 Å². The zero-order valence-electron chi connectivity index (χ0n) is 7.80. The van der Waals surface area contributed by atoms with Gasteiger partial charge in [-0.15, -0.1) is 11.8 Å². The highest BCUT2D eigenvalue weighted by molar-refractivity contribution is 7.99. The molecule has 3 N–H and O–H groups in total. The minimum absolute atomic E-state index is 0.0131. The molecule has 0 fully saturated rings. The normalized spacial score (nSPS) is 10.1. The Morgan fingerprint density at radius 2 is 1.87 bits per heavy atom. The molecule has 0 aliphatic rings. The van der Waals surface area contributed by atoms with Gasteiger partial charge in [0.1, 0.15) is 0 Å². The summed E-state index contributed by atoms with van der Waals surface area (Å²) in [6, 6.07) is 0. The van der Waals surface area contributed by atoms with Gasteiger partial charge in [0.15, 0.2) is 0 Å². The largest absolute Gasteiger partial charge is 0.481 e. The Hall–Kier alpha value is -1.50. The van der Waals surface area contributed by atoms with Gasteiger partial charge in [0, 0.05) is 24.4 Å². The molecule has 15 heavy (non-hydrogen) atoms. The lowest BCUT2D eigenvalue weighted by atomic mass is 10.4. The highest BCUT2D eigenvalue weighted by atomic mass is 32.2. The Balaban J connectivity index is 3.47. The zero-order valence-corrected chi connectivity index (χ0v) is 8.62. The molecule has 0 aromatic heterocycles. The van der Waals surface area contributed by atoms with Crippen molar-refractivity contribution < 1.29 is 24.6 Å². The summed E-state index contributed by atoms with van der Waals surface area (Å²) in [6.45, 7) is 0.306. The van der Waals surface area contributed by atoms with Gasteiger partial charge in [-0.25, -0.2) is 4.79 Å². The number of carbonyl (C=O) groups is 3. The molecule has 0 heterocycles. The number of carboxylic acids is 2. The van der Waals surface area contributed by atoms with E-state index in [0.29, 0.717) is 12.3 Å². The summed E-state index contributed by atoms with van der Waals surface area (Å²) in [7, 11) is 0. The molecule has 7 heteroatoms. The monoisotopic (exact) mass is 233 g/mol. The number of rotatable bonds is 7. The molecule has 0 saturated carbocycles. The van der Waals surface area contributed by atoms with Crippen molar-refractivity contribution in [1.29, 1.82) is 0 Å². The van der Waals surface area contributed by atoms with Crippen LogP contribution in [0, 0.1) is 0 Å². The maximum Gasteiger partial charge on any atom is 0.328 e. The fourth-order valence-electron chi connectivity index (χ4n) is 0.612. The van der Waals surface area contributed by atoms with E-state index in [0.717, 1.165) is 12.2 Å². The van der Waals surface area contributed by atoms with E-state index >= 15 is 0 Å². The average Bonchev–Trinajstić information content (AvgIpc) is 2.13. The van der Waals surface area contributed by atoms with E-state index in [-0.39, 0.29) is 5.75 Å². The summed E-state index contributed by atoms with van der Waals surface area (Å²) in [6.07, 6.45) is 1.64. The predicted octanol–water partition coefficient (Wildman–Crippen LogP) is -0.439. The Bertz CT molecular complexity index is 276. The molecule has 0 aromatic carbocycles. The van der Waals surface area contributed by atoms with Crippen LogP contribution in [-0.2, 0) is 14.4 Å². The summed E-state index contributed by atoms with van der Waals surface area (Å²) in [5, 5.41) is 18.9. The van der Waals surface area contributed by atoms with Crippen LogP contribution >= 0.6 is 11.8 Å². The fourth-order valence-corrected chi connectivity index (χ4v) is 1.18. The van der Waals surface area contributed by atoms with Crippen LogP contribution in [0.1, 0.15) is 0 Å². The van der Waals surface area contributed by atoms with E-state index in [1.54, 1.807) is 0 Å². The van der Waals surface area contributed by atoms with E-state index in [4.69, 9.17) is 10.2 Å². The summed E-state index contributed by atoms with van der Waals surface area (Å²) < 4.78 is 0. The summed E-state index contributed by atoms with van der Waals surface area (Å²) in [5.74, 6) is -2.14. The number of hydrogen-bond acceptors (Lipinski definition) is 4. The van der Waals surface area contributed by atoms with Gasteiger partial charge in [-0.1, -0.05) is 0 Å². The maximum atomic E-state index is 10.9.